The van der Waals surface area contributed by atoms with Crippen LogP contribution in [0, 0.1) is 10.8 Å². The molecule has 0 saturated carbocycles. The standard InChI is InChI=1S/C18H37N3O5/c1-3-4-13(2)18(25)17(24)12-21(15-5-7-19-10-15)11-14(20-26)9-16(23)6-8-22/h13-19,22-25H,3-12H2,1-2H3. The Morgan fingerprint density at radius 1 is 1.23 bits per heavy atom. The van der Waals surface area contributed by atoms with Gasteiger partial charge in [-0.05, 0) is 31.7 Å². The van der Waals surface area contributed by atoms with Crippen LogP contribution in [0.5, 0.6) is 0 Å². The normalized spacial score (nSPS) is 23.6. The smallest absolute Gasteiger partial charge is 0.107 e. The molecule has 0 spiro atoms. The maximum absolute atomic E-state index is 11.2. The molecule has 154 valence electrons. The average Bonchev–Trinajstić information content (AvgIpc) is 3.14. The number of nitrogens with zero attached hydrogens (tertiary/aromatic N) is 2. The summed E-state index contributed by atoms with van der Waals surface area (Å²) in [5.74, 6) is 0.00456. The third-order valence-corrected chi connectivity index (χ3v) is 5.29. The molecule has 6 unspecified atom stereocenters. The van der Waals surface area contributed by atoms with E-state index in [2.05, 4.69) is 10.5 Å². The molecule has 8 heteroatoms. The minimum absolute atomic E-state index is 0.00456. The largest absolute Gasteiger partial charge is 0.396 e. The van der Waals surface area contributed by atoms with Gasteiger partial charge in [0.1, 0.15) is 6.04 Å². The van der Waals surface area contributed by atoms with Crippen LogP contribution in [0.3, 0.4) is 0 Å². The van der Waals surface area contributed by atoms with Gasteiger partial charge in [-0.25, -0.2) is 0 Å². The Hall–Kier alpha value is -0.640. The zero-order valence-electron chi connectivity index (χ0n) is 16.1. The highest BCUT2D eigenvalue weighted by molar-refractivity contribution is 4.87. The molecule has 0 aromatic heterocycles. The van der Waals surface area contributed by atoms with Crippen LogP contribution in [0.1, 0.15) is 46.0 Å². The topological polar surface area (TPSA) is 126 Å². The first-order valence-corrected chi connectivity index (χ1v) is 9.85. The molecule has 0 bridgehead atoms. The molecule has 0 aromatic rings. The van der Waals surface area contributed by atoms with E-state index in [9.17, 15) is 20.2 Å². The van der Waals surface area contributed by atoms with Gasteiger partial charge in [0, 0.05) is 38.7 Å². The van der Waals surface area contributed by atoms with Gasteiger partial charge in [0.05, 0.1) is 18.3 Å². The highest BCUT2D eigenvalue weighted by atomic mass is 16.3. The minimum Gasteiger partial charge on any atom is -0.396 e. The Balaban J connectivity index is 2.69. The molecule has 26 heavy (non-hydrogen) atoms. The van der Waals surface area contributed by atoms with Gasteiger partial charge in [-0.1, -0.05) is 25.4 Å². The van der Waals surface area contributed by atoms with Crippen LogP contribution in [0.2, 0.25) is 0 Å². The number of hydrogen-bond acceptors (Lipinski definition) is 8. The Kier molecular flexibility index (Phi) is 11.4. The van der Waals surface area contributed by atoms with Crippen molar-refractivity contribution in [1.29, 1.82) is 0 Å². The van der Waals surface area contributed by atoms with Gasteiger partial charge in [-0.3, -0.25) is 4.90 Å². The molecule has 1 rings (SSSR count). The van der Waals surface area contributed by atoms with Crippen molar-refractivity contribution >= 4 is 0 Å². The quantitative estimate of drug-likeness (QED) is 0.272. The second-order valence-electron chi connectivity index (χ2n) is 7.59. The number of nitroso groups, excluding NO2 is 1. The Labute approximate surface area is 156 Å². The summed E-state index contributed by atoms with van der Waals surface area (Å²) in [6.07, 6.45) is 0.611. The van der Waals surface area contributed by atoms with Crippen molar-refractivity contribution in [3.63, 3.8) is 0 Å². The summed E-state index contributed by atoms with van der Waals surface area (Å²) in [4.78, 5) is 13.2. The summed E-state index contributed by atoms with van der Waals surface area (Å²) in [5, 5.41) is 46.0. The van der Waals surface area contributed by atoms with Crippen LogP contribution in [0.4, 0.5) is 0 Å². The molecule has 8 nitrogen and oxygen atoms in total. The zero-order chi connectivity index (χ0) is 19.5. The lowest BCUT2D eigenvalue weighted by Crippen LogP contribution is -2.49. The Morgan fingerprint density at radius 2 is 1.96 bits per heavy atom. The molecule has 1 saturated heterocycles. The van der Waals surface area contributed by atoms with E-state index in [0.29, 0.717) is 6.54 Å². The van der Waals surface area contributed by atoms with Crippen molar-refractivity contribution in [2.75, 3.05) is 32.8 Å². The summed E-state index contributed by atoms with van der Waals surface area (Å²) in [5.41, 5.74) is 0. The Bertz CT molecular complexity index is 382. The highest BCUT2D eigenvalue weighted by Gasteiger charge is 2.31. The highest BCUT2D eigenvalue weighted by Crippen LogP contribution is 2.18. The predicted molar refractivity (Wildman–Crippen MR) is 101 cm³/mol. The van der Waals surface area contributed by atoms with Crippen molar-refractivity contribution in [1.82, 2.24) is 10.2 Å². The van der Waals surface area contributed by atoms with E-state index in [1.54, 1.807) is 0 Å². The molecule has 0 radical (unpaired) electrons. The fourth-order valence-corrected chi connectivity index (χ4v) is 3.68. The summed E-state index contributed by atoms with van der Waals surface area (Å²) in [7, 11) is 0. The van der Waals surface area contributed by atoms with Crippen LogP contribution >= 0.6 is 0 Å². The van der Waals surface area contributed by atoms with Crippen molar-refractivity contribution in [3.05, 3.63) is 4.91 Å². The molecule has 1 fully saturated rings. The summed E-state index contributed by atoms with van der Waals surface area (Å²) in [6, 6.07) is -0.452. The molecule has 1 aliphatic heterocycles. The van der Waals surface area contributed by atoms with Crippen LogP contribution in [-0.2, 0) is 0 Å². The van der Waals surface area contributed by atoms with E-state index < -0.39 is 24.4 Å². The lowest BCUT2D eigenvalue weighted by atomic mass is 9.94. The van der Waals surface area contributed by atoms with Gasteiger partial charge in [0.15, 0.2) is 0 Å². The predicted octanol–water partition coefficient (Wildman–Crippen LogP) is 0.0767. The first-order valence-electron chi connectivity index (χ1n) is 9.85. The van der Waals surface area contributed by atoms with Crippen LogP contribution < -0.4 is 5.32 Å². The number of aliphatic hydroxyl groups is 4. The van der Waals surface area contributed by atoms with Gasteiger partial charge >= 0.3 is 0 Å². The van der Waals surface area contributed by atoms with Crippen molar-refractivity contribution in [3.8, 4) is 0 Å². The fourth-order valence-electron chi connectivity index (χ4n) is 3.68. The zero-order valence-corrected chi connectivity index (χ0v) is 16.1. The van der Waals surface area contributed by atoms with E-state index in [4.69, 9.17) is 5.11 Å². The van der Waals surface area contributed by atoms with Crippen LogP contribution in [0.25, 0.3) is 0 Å². The van der Waals surface area contributed by atoms with Gasteiger partial charge < -0.3 is 25.7 Å². The van der Waals surface area contributed by atoms with E-state index in [-0.39, 0.29) is 38.0 Å². The maximum Gasteiger partial charge on any atom is 0.107 e. The Morgan fingerprint density at radius 3 is 2.50 bits per heavy atom. The van der Waals surface area contributed by atoms with E-state index in [1.165, 1.54) is 0 Å². The number of rotatable bonds is 14. The SMILES string of the molecule is CCCC(C)C(O)C(O)CN(CC(CC(O)CCO)N=O)C1CCNC1. The van der Waals surface area contributed by atoms with E-state index in [1.807, 2.05) is 18.7 Å². The summed E-state index contributed by atoms with van der Waals surface area (Å²) >= 11 is 0. The van der Waals surface area contributed by atoms with Crippen LogP contribution in [0.15, 0.2) is 5.18 Å². The van der Waals surface area contributed by atoms with Crippen molar-refractivity contribution < 1.29 is 20.4 Å². The van der Waals surface area contributed by atoms with Gasteiger partial charge in [-0.15, -0.1) is 0 Å². The molecule has 0 aromatic carbocycles. The average molecular weight is 376 g/mol. The second kappa shape index (κ2) is 12.7. The molecular formula is C18H37N3O5. The fraction of sp³-hybridized carbons (Fsp3) is 1.00. The van der Waals surface area contributed by atoms with Crippen molar-refractivity contribution in [2.45, 2.75) is 76.3 Å². The molecule has 0 aliphatic carbocycles. The lowest BCUT2D eigenvalue weighted by Gasteiger charge is -2.34. The van der Waals surface area contributed by atoms with Crippen molar-refractivity contribution in [2.24, 2.45) is 11.1 Å². The molecule has 1 heterocycles. The first-order chi connectivity index (χ1) is 12.4. The molecule has 0 amide bonds. The second-order valence-corrected chi connectivity index (χ2v) is 7.59. The molecule has 5 N–H and O–H groups in total. The van der Waals surface area contributed by atoms with Gasteiger partial charge in [0.2, 0.25) is 0 Å². The molecule has 6 atom stereocenters. The lowest BCUT2D eigenvalue weighted by molar-refractivity contribution is -0.0375. The first kappa shape index (κ1) is 23.4. The minimum atomic E-state index is -0.896. The molecular weight excluding hydrogens is 338 g/mol. The maximum atomic E-state index is 11.2. The van der Waals surface area contributed by atoms with E-state index in [0.717, 1.165) is 32.4 Å². The van der Waals surface area contributed by atoms with Crippen LogP contribution in [-0.4, -0.2) is 88.5 Å². The number of nitrogens with one attached hydrogen (secondary N) is 1. The van der Waals surface area contributed by atoms with Gasteiger partial charge in [0.25, 0.3) is 0 Å². The summed E-state index contributed by atoms with van der Waals surface area (Å²) in [6.45, 7) is 6.07. The third-order valence-electron chi connectivity index (χ3n) is 5.29. The number of hydrogen-bond donors (Lipinski definition) is 5. The third kappa shape index (κ3) is 7.94. The van der Waals surface area contributed by atoms with E-state index >= 15 is 0 Å². The number of aliphatic hydroxyl groups excluding tert-OH is 4. The monoisotopic (exact) mass is 375 g/mol. The van der Waals surface area contributed by atoms with Gasteiger partial charge in [-0.2, -0.15) is 4.91 Å². The molecule has 1 aliphatic rings. The summed E-state index contributed by atoms with van der Waals surface area (Å²) < 4.78 is 0.